The summed E-state index contributed by atoms with van der Waals surface area (Å²) in [7, 11) is 0. The Bertz CT molecular complexity index is 389. The van der Waals surface area contributed by atoms with E-state index in [0.717, 1.165) is 12.1 Å². The van der Waals surface area contributed by atoms with E-state index in [-0.39, 0.29) is 12.2 Å². The van der Waals surface area contributed by atoms with Gasteiger partial charge in [0.15, 0.2) is 11.2 Å². The molecule has 0 aliphatic heterocycles. The number of ether oxygens (including phenoxy) is 1. The second-order valence-corrected chi connectivity index (χ2v) is 3.42. The van der Waals surface area contributed by atoms with Gasteiger partial charge in [0.1, 0.15) is 5.82 Å². The number of carbonyl (C=O) groups is 2. The van der Waals surface area contributed by atoms with E-state index in [9.17, 15) is 14.0 Å². The second kappa shape index (κ2) is 5.61. The van der Waals surface area contributed by atoms with Crippen LogP contribution in [0.3, 0.4) is 0 Å². The van der Waals surface area contributed by atoms with Crippen LogP contribution in [0.4, 0.5) is 4.39 Å². The van der Waals surface area contributed by atoms with Crippen molar-refractivity contribution in [1.29, 1.82) is 0 Å². The molecule has 1 rings (SSSR count). The van der Waals surface area contributed by atoms with E-state index in [1.54, 1.807) is 6.92 Å². The van der Waals surface area contributed by atoms with Gasteiger partial charge in [0, 0.05) is 5.56 Å². The van der Waals surface area contributed by atoms with Crippen LogP contribution < -0.4 is 0 Å². The fourth-order valence-corrected chi connectivity index (χ4v) is 1.27. The highest BCUT2D eigenvalue weighted by Crippen LogP contribution is 2.11. The molecule has 86 valence electrons. The maximum absolute atomic E-state index is 12.6. The molecule has 0 bridgehead atoms. The van der Waals surface area contributed by atoms with Crippen LogP contribution in [0.2, 0.25) is 0 Å². The number of carbonyl (C=O) groups excluding carboxylic acids is 2. The first-order valence-electron chi connectivity index (χ1n) is 4.66. The second-order valence-electron chi connectivity index (χ2n) is 2.99. The van der Waals surface area contributed by atoms with Crippen LogP contribution in [0.1, 0.15) is 17.3 Å². The molecule has 3 nitrogen and oxygen atoms in total. The Morgan fingerprint density at radius 3 is 2.44 bits per heavy atom. The predicted molar refractivity (Wildman–Crippen MR) is 57.0 cm³/mol. The summed E-state index contributed by atoms with van der Waals surface area (Å²) in [5.74, 6) is -1.85. The van der Waals surface area contributed by atoms with Gasteiger partial charge in [-0.15, -0.1) is 11.6 Å². The number of Topliss-reactive ketones (excluding diaryl/α,β-unsaturated/α-hetero) is 1. The molecular weight excluding hydrogens is 235 g/mol. The summed E-state index contributed by atoms with van der Waals surface area (Å²) in [5, 5.41) is -1.38. The fourth-order valence-electron chi connectivity index (χ4n) is 1.08. The quantitative estimate of drug-likeness (QED) is 0.353. The van der Waals surface area contributed by atoms with Crippen LogP contribution in [0.25, 0.3) is 0 Å². The number of hydrogen-bond donors (Lipinski definition) is 0. The minimum Gasteiger partial charge on any atom is -0.465 e. The number of hydrogen-bond acceptors (Lipinski definition) is 3. The zero-order valence-electron chi connectivity index (χ0n) is 8.57. The molecule has 0 aliphatic rings. The first-order valence-corrected chi connectivity index (χ1v) is 5.10. The van der Waals surface area contributed by atoms with Gasteiger partial charge in [-0.1, -0.05) is 0 Å². The SMILES string of the molecule is CCOC(=O)C(Cl)C(=O)c1ccc(F)cc1. The molecule has 1 atom stereocenters. The van der Waals surface area contributed by atoms with Gasteiger partial charge >= 0.3 is 5.97 Å². The van der Waals surface area contributed by atoms with Crippen molar-refractivity contribution < 1.29 is 18.7 Å². The molecule has 0 saturated carbocycles. The molecule has 0 amide bonds. The van der Waals surface area contributed by atoms with E-state index in [0.29, 0.717) is 0 Å². The van der Waals surface area contributed by atoms with E-state index >= 15 is 0 Å². The molecule has 5 heteroatoms. The van der Waals surface area contributed by atoms with Crippen LogP contribution >= 0.6 is 11.6 Å². The maximum atomic E-state index is 12.6. The largest absolute Gasteiger partial charge is 0.465 e. The van der Waals surface area contributed by atoms with E-state index < -0.39 is 22.9 Å². The Morgan fingerprint density at radius 1 is 1.38 bits per heavy atom. The lowest BCUT2D eigenvalue weighted by Crippen LogP contribution is -2.26. The summed E-state index contributed by atoms with van der Waals surface area (Å²) in [6.45, 7) is 1.77. The third-order valence-electron chi connectivity index (χ3n) is 1.85. The monoisotopic (exact) mass is 244 g/mol. The number of benzene rings is 1. The molecular formula is C11H10ClFO3. The molecule has 1 aromatic carbocycles. The highest BCUT2D eigenvalue weighted by molar-refractivity contribution is 6.43. The van der Waals surface area contributed by atoms with E-state index in [1.807, 2.05) is 0 Å². The van der Waals surface area contributed by atoms with E-state index in [4.69, 9.17) is 11.6 Å². The van der Waals surface area contributed by atoms with Crippen molar-refractivity contribution in [2.75, 3.05) is 6.61 Å². The number of ketones is 1. The first kappa shape index (κ1) is 12.6. The summed E-state index contributed by atoms with van der Waals surface area (Å²) < 4.78 is 17.2. The predicted octanol–water partition coefficient (Wildman–Crippen LogP) is 2.18. The van der Waals surface area contributed by atoms with Crippen molar-refractivity contribution in [2.45, 2.75) is 12.3 Å². The van der Waals surface area contributed by atoms with Crippen molar-refractivity contribution in [3.05, 3.63) is 35.6 Å². The number of esters is 1. The highest BCUT2D eigenvalue weighted by Gasteiger charge is 2.26. The van der Waals surface area contributed by atoms with Crippen molar-refractivity contribution in [2.24, 2.45) is 0 Å². The van der Waals surface area contributed by atoms with Crippen LogP contribution in [-0.2, 0) is 9.53 Å². The standard InChI is InChI=1S/C11H10ClFO3/c1-2-16-11(15)9(12)10(14)7-3-5-8(13)6-4-7/h3-6,9H,2H2,1H3. The minimum atomic E-state index is -1.38. The minimum absolute atomic E-state index is 0.152. The lowest BCUT2D eigenvalue weighted by atomic mass is 10.1. The number of halogens is 2. The molecule has 0 aliphatic carbocycles. The summed E-state index contributed by atoms with van der Waals surface area (Å²) in [4.78, 5) is 22.8. The van der Waals surface area contributed by atoms with E-state index in [1.165, 1.54) is 12.1 Å². The third kappa shape index (κ3) is 3.03. The van der Waals surface area contributed by atoms with Crippen LogP contribution in [0.15, 0.2) is 24.3 Å². The molecule has 0 spiro atoms. The Kier molecular flexibility index (Phi) is 4.43. The molecule has 1 aromatic rings. The van der Waals surface area contributed by atoms with Crippen LogP contribution in [0.5, 0.6) is 0 Å². The Labute approximate surface area is 97.2 Å². The average Bonchev–Trinajstić information content (AvgIpc) is 2.28. The Hall–Kier alpha value is -1.42. The lowest BCUT2D eigenvalue weighted by Gasteiger charge is -2.07. The van der Waals surface area contributed by atoms with Gasteiger partial charge in [0.2, 0.25) is 0 Å². The maximum Gasteiger partial charge on any atom is 0.332 e. The van der Waals surface area contributed by atoms with Crippen molar-refractivity contribution in [3.8, 4) is 0 Å². The Balaban J connectivity index is 2.78. The fraction of sp³-hybridized carbons (Fsp3) is 0.273. The highest BCUT2D eigenvalue weighted by atomic mass is 35.5. The van der Waals surface area contributed by atoms with Gasteiger partial charge in [0.25, 0.3) is 0 Å². The smallest absolute Gasteiger partial charge is 0.332 e. The van der Waals surface area contributed by atoms with Gasteiger partial charge in [-0.3, -0.25) is 4.79 Å². The summed E-state index contributed by atoms with van der Waals surface area (Å²) in [6, 6.07) is 4.79. The number of rotatable bonds is 4. The van der Waals surface area contributed by atoms with Crippen molar-refractivity contribution >= 4 is 23.4 Å². The van der Waals surface area contributed by atoms with Gasteiger partial charge in [-0.2, -0.15) is 0 Å². The topological polar surface area (TPSA) is 43.4 Å². The molecule has 0 aromatic heterocycles. The van der Waals surface area contributed by atoms with Crippen LogP contribution in [-0.4, -0.2) is 23.7 Å². The zero-order valence-corrected chi connectivity index (χ0v) is 9.33. The molecule has 0 fully saturated rings. The van der Waals surface area contributed by atoms with Crippen molar-refractivity contribution in [3.63, 3.8) is 0 Å². The summed E-state index contributed by atoms with van der Waals surface area (Å²) >= 11 is 5.62. The van der Waals surface area contributed by atoms with Crippen LogP contribution in [0, 0.1) is 5.82 Å². The first-order chi connectivity index (χ1) is 7.56. The summed E-state index contributed by atoms with van der Waals surface area (Å²) in [6.07, 6.45) is 0. The van der Waals surface area contributed by atoms with Gasteiger partial charge in [-0.25, -0.2) is 9.18 Å². The third-order valence-corrected chi connectivity index (χ3v) is 2.23. The molecule has 0 heterocycles. The van der Waals surface area contributed by atoms with Gasteiger partial charge < -0.3 is 4.74 Å². The van der Waals surface area contributed by atoms with E-state index in [2.05, 4.69) is 4.74 Å². The Morgan fingerprint density at radius 2 is 1.94 bits per heavy atom. The molecule has 1 unspecified atom stereocenters. The molecule has 0 saturated heterocycles. The molecule has 0 N–H and O–H groups in total. The van der Waals surface area contributed by atoms with Crippen molar-refractivity contribution in [1.82, 2.24) is 0 Å². The van der Waals surface area contributed by atoms with Gasteiger partial charge in [-0.05, 0) is 31.2 Å². The summed E-state index contributed by atoms with van der Waals surface area (Å²) in [5.41, 5.74) is 0.175. The number of alkyl halides is 1. The van der Waals surface area contributed by atoms with Gasteiger partial charge in [0.05, 0.1) is 6.61 Å². The zero-order chi connectivity index (χ0) is 12.1. The molecule has 16 heavy (non-hydrogen) atoms. The molecule has 0 radical (unpaired) electrons. The average molecular weight is 245 g/mol. The normalized spacial score (nSPS) is 11.9. The lowest BCUT2D eigenvalue weighted by molar-refractivity contribution is -0.141.